The van der Waals surface area contributed by atoms with Gasteiger partial charge in [0.25, 0.3) is 0 Å². The second-order valence-electron chi connectivity index (χ2n) is 2.99. The fourth-order valence-electron chi connectivity index (χ4n) is 1.09. The number of aromatic carboxylic acids is 1. The Kier molecular flexibility index (Phi) is 1.97. The van der Waals surface area contributed by atoms with E-state index in [1.165, 1.54) is 0 Å². The van der Waals surface area contributed by atoms with Crippen molar-refractivity contribution < 1.29 is 9.90 Å². The first-order valence-corrected chi connectivity index (χ1v) is 4.86. The molecule has 2 heterocycles. The number of nitrogens with one attached hydrogen (secondary N) is 1. The molecule has 2 aromatic heterocycles. The summed E-state index contributed by atoms with van der Waals surface area (Å²) >= 11 is 1.05. The molecule has 0 bridgehead atoms. The molecular formula is C8H6N2O4S. The number of nitrogens with zero attached hydrogens (tertiary/aromatic N) is 1. The highest BCUT2D eigenvalue weighted by Crippen LogP contribution is 2.27. The number of carbonyl (C=O) groups is 1. The molecular weight excluding hydrogens is 220 g/mol. The highest BCUT2D eigenvalue weighted by Gasteiger charge is 2.21. The van der Waals surface area contributed by atoms with Gasteiger partial charge in [0.15, 0.2) is 0 Å². The van der Waals surface area contributed by atoms with Crippen LogP contribution in [0.5, 0.6) is 0 Å². The number of aromatic nitrogens is 1. The van der Waals surface area contributed by atoms with E-state index in [1.54, 1.807) is 12.3 Å². The van der Waals surface area contributed by atoms with Gasteiger partial charge in [-0.25, -0.2) is 4.79 Å². The maximum Gasteiger partial charge on any atom is 0.348 e. The topological polar surface area (TPSA) is 88.4 Å². The molecule has 2 rings (SSSR count). The molecule has 0 aliphatic rings. The van der Waals surface area contributed by atoms with Crippen LogP contribution in [0.25, 0.3) is 0 Å². The predicted octanol–water partition coefficient (Wildman–Crippen LogP) is 0.0274. The SMILES string of the molecule is Cc1csc(C(=O)O)c1Nn1c(=O)c1=O. The Morgan fingerprint density at radius 1 is 1.47 bits per heavy atom. The average Bonchev–Trinajstić information content (AvgIpc) is 2.61. The molecule has 0 aliphatic carbocycles. The molecule has 0 saturated carbocycles. The molecule has 0 radical (unpaired) electrons. The summed E-state index contributed by atoms with van der Waals surface area (Å²) in [7, 11) is 0. The molecule has 2 N–H and O–H groups in total. The fraction of sp³-hybridized carbons (Fsp3) is 0.125. The van der Waals surface area contributed by atoms with E-state index in [9.17, 15) is 14.4 Å². The number of hydrogen-bond acceptors (Lipinski definition) is 5. The van der Waals surface area contributed by atoms with Crippen molar-refractivity contribution in [3.63, 3.8) is 0 Å². The third-order valence-electron chi connectivity index (χ3n) is 1.93. The van der Waals surface area contributed by atoms with Gasteiger partial charge in [-0.1, -0.05) is 0 Å². The second kappa shape index (κ2) is 3.06. The summed E-state index contributed by atoms with van der Waals surface area (Å²) in [4.78, 5) is 32.3. The molecule has 7 heteroatoms. The molecule has 15 heavy (non-hydrogen) atoms. The Morgan fingerprint density at radius 3 is 2.53 bits per heavy atom. The van der Waals surface area contributed by atoms with Gasteiger partial charge in [0.05, 0.1) is 5.69 Å². The molecule has 0 saturated heterocycles. The number of carboxylic acids is 1. The van der Waals surface area contributed by atoms with Crippen LogP contribution < -0.4 is 16.5 Å². The van der Waals surface area contributed by atoms with Crippen molar-refractivity contribution in [2.24, 2.45) is 0 Å². The van der Waals surface area contributed by atoms with Gasteiger partial charge >= 0.3 is 17.1 Å². The smallest absolute Gasteiger partial charge is 0.348 e. The van der Waals surface area contributed by atoms with Crippen LogP contribution >= 0.6 is 11.3 Å². The summed E-state index contributed by atoms with van der Waals surface area (Å²) in [6.07, 6.45) is 0. The molecule has 0 aliphatic heterocycles. The minimum Gasteiger partial charge on any atom is -0.477 e. The van der Waals surface area contributed by atoms with Crippen LogP contribution in [0.2, 0.25) is 0 Å². The fourth-order valence-corrected chi connectivity index (χ4v) is 1.93. The molecule has 6 nitrogen and oxygen atoms in total. The Bertz CT molecular complexity index is 577. The maximum absolute atomic E-state index is 10.8. The van der Waals surface area contributed by atoms with E-state index in [-0.39, 0.29) is 4.88 Å². The van der Waals surface area contributed by atoms with Crippen LogP contribution in [0, 0.1) is 6.92 Å². The van der Waals surface area contributed by atoms with Crippen LogP contribution in [0.3, 0.4) is 0 Å². The Balaban J connectivity index is 2.39. The van der Waals surface area contributed by atoms with Crippen molar-refractivity contribution in [2.75, 3.05) is 5.43 Å². The molecule has 0 fully saturated rings. The van der Waals surface area contributed by atoms with Gasteiger partial charge in [-0.15, -0.1) is 11.3 Å². The third-order valence-corrected chi connectivity index (χ3v) is 3.02. The van der Waals surface area contributed by atoms with Crippen molar-refractivity contribution in [2.45, 2.75) is 6.92 Å². The predicted molar refractivity (Wildman–Crippen MR) is 54.4 cm³/mol. The van der Waals surface area contributed by atoms with Gasteiger partial charge in [-0.05, 0) is 17.9 Å². The lowest BCUT2D eigenvalue weighted by molar-refractivity contribution is 0.0703. The largest absolute Gasteiger partial charge is 0.477 e. The Labute approximate surface area is 87.1 Å². The van der Waals surface area contributed by atoms with Crippen molar-refractivity contribution in [3.8, 4) is 0 Å². The lowest BCUT2D eigenvalue weighted by atomic mass is 10.3. The van der Waals surface area contributed by atoms with Crippen molar-refractivity contribution in [1.29, 1.82) is 0 Å². The summed E-state index contributed by atoms with van der Waals surface area (Å²) < 4.78 is 0.779. The van der Waals surface area contributed by atoms with E-state index in [2.05, 4.69) is 5.43 Å². The number of carboxylic acid groups (broad SMARTS) is 1. The zero-order valence-corrected chi connectivity index (χ0v) is 8.42. The van der Waals surface area contributed by atoms with E-state index in [0.29, 0.717) is 11.3 Å². The summed E-state index contributed by atoms with van der Waals surface area (Å²) in [5.41, 5.74) is 2.15. The Hall–Kier alpha value is -1.89. The number of aryl methyl sites for hydroxylation is 1. The van der Waals surface area contributed by atoms with Crippen LogP contribution in [0.15, 0.2) is 15.0 Å². The van der Waals surface area contributed by atoms with E-state index in [4.69, 9.17) is 5.11 Å². The summed E-state index contributed by atoms with van der Waals surface area (Å²) in [6.45, 7) is 1.70. The second-order valence-corrected chi connectivity index (χ2v) is 3.87. The Morgan fingerprint density at radius 2 is 2.07 bits per heavy atom. The van der Waals surface area contributed by atoms with Gasteiger partial charge in [0.2, 0.25) is 0 Å². The van der Waals surface area contributed by atoms with Gasteiger partial charge in [-0.3, -0.25) is 15.0 Å². The molecule has 0 amide bonds. The zero-order chi connectivity index (χ0) is 11.2. The third kappa shape index (κ3) is 1.46. The molecule has 0 spiro atoms. The van der Waals surface area contributed by atoms with Crippen molar-refractivity contribution >= 4 is 23.0 Å². The first-order valence-electron chi connectivity index (χ1n) is 3.99. The number of thiophene rings is 1. The highest BCUT2D eigenvalue weighted by atomic mass is 32.1. The minimum atomic E-state index is -1.09. The normalized spacial score (nSPS) is 10.7. The molecule has 78 valence electrons. The summed E-state index contributed by atoms with van der Waals surface area (Å²) in [6, 6.07) is 0. The van der Waals surface area contributed by atoms with Gasteiger partial charge in [0.1, 0.15) is 4.88 Å². The van der Waals surface area contributed by atoms with Crippen LogP contribution in [0.1, 0.15) is 15.2 Å². The minimum absolute atomic E-state index is 0.0833. The van der Waals surface area contributed by atoms with E-state index < -0.39 is 17.1 Å². The maximum atomic E-state index is 10.8. The van der Waals surface area contributed by atoms with Crippen LogP contribution in [0.4, 0.5) is 5.69 Å². The van der Waals surface area contributed by atoms with Crippen LogP contribution in [-0.4, -0.2) is 15.8 Å². The standard InChI is InChI=1S/C8H6N2O4S/c1-3-2-15-5(8(13)14)4(3)9-10-6(11)7(10)12/h2,9H,1H3,(H,13,14). The van der Waals surface area contributed by atoms with Gasteiger partial charge in [0, 0.05) is 0 Å². The first-order chi connectivity index (χ1) is 7.02. The molecule has 0 aromatic carbocycles. The highest BCUT2D eigenvalue weighted by molar-refractivity contribution is 7.12. The zero-order valence-electron chi connectivity index (χ0n) is 7.60. The molecule has 0 atom stereocenters. The number of rotatable bonds is 3. The van der Waals surface area contributed by atoms with E-state index >= 15 is 0 Å². The lowest BCUT2D eigenvalue weighted by Crippen LogP contribution is -2.10. The van der Waals surface area contributed by atoms with Crippen molar-refractivity contribution in [1.82, 2.24) is 4.68 Å². The van der Waals surface area contributed by atoms with E-state index in [1.807, 2.05) is 0 Å². The first kappa shape index (κ1) is 9.66. The van der Waals surface area contributed by atoms with E-state index in [0.717, 1.165) is 16.0 Å². The van der Waals surface area contributed by atoms with Crippen molar-refractivity contribution in [3.05, 3.63) is 36.5 Å². The lowest BCUT2D eigenvalue weighted by Gasteiger charge is -2.01. The quantitative estimate of drug-likeness (QED) is 0.721. The summed E-state index contributed by atoms with van der Waals surface area (Å²) in [5.74, 6) is -1.09. The van der Waals surface area contributed by atoms with Gasteiger partial charge in [-0.2, -0.15) is 4.68 Å². The molecule has 0 unspecified atom stereocenters. The monoisotopic (exact) mass is 226 g/mol. The summed E-state index contributed by atoms with van der Waals surface area (Å²) in [5, 5.41) is 10.5. The van der Waals surface area contributed by atoms with Crippen LogP contribution in [-0.2, 0) is 0 Å². The van der Waals surface area contributed by atoms with Gasteiger partial charge < -0.3 is 5.11 Å². The molecule has 2 aromatic rings. The number of hydrogen-bond donors (Lipinski definition) is 2. The average molecular weight is 226 g/mol. The number of anilines is 1.